The second-order valence-electron chi connectivity index (χ2n) is 6.94. The van der Waals surface area contributed by atoms with E-state index >= 15 is 0 Å². The van der Waals surface area contributed by atoms with Crippen molar-refractivity contribution in [3.05, 3.63) is 35.7 Å². The molecule has 152 valence electrons. The molecule has 1 aliphatic heterocycles. The Kier molecular flexibility index (Phi) is 6.29. The van der Waals surface area contributed by atoms with Crippen molar-refractivity contribution in [2.24, 2.45) is 7.05 Å². The number of rotatable bonds is 7. The number of benzene rings is 1. The minimum Gasteiger partial charge on any atom is -0.342 e. The molecule has 0 bridgehead atoms. The number of nitrogens with zero attached hydrogens (tertiary/aromatic N) is 5. The van der Waals surface area contributed by atoms with Crippen molar-refractivity contribution in [2.45, 2.75) is 31.5 Å². The Bertz CT molecular complexity index is 935. The molecule has 3 rings (SSSR count). The van der Waals surface area contributed by atoms with Gasteiger partial charge in [-0.15, -0.1) is 10.2 Å². The standard InChI is InChI=1S/C18H25N5O3S2/c1-14-6-8-15(9-7-14)23(28(3,25)26)12-16-19-20-18(21(16)2)27-13-17(24)22-10-4-5-11-22/h6-9H,4-5,10-13H2,1-3H3. The maximum atomic E-state index is 12.3. The molecular weight excluding hydrogens is 398 g/mol. The summed E-state index contributed by atoms with van der Waals surface area (Å²) in [5.41, 5.74) is 1.63. The predicted molar refractivity (Wildman–Crippen MR) is 110 cm³/mol. The first-order valence-corrected chi connectivity index (χ1v) is 11.9. The second kappa shape index (κ2) is 8.52. The van der Waals surface area contributed by atoms with Crippen molar-refractivity contribution in [1.82, 2.24) is 19.7 Å². The van der Waals surface area contributed by atoms with E-state index in [9.17, 15) is 13.2 Å². The third-order valence-electron chi connectivity index (χ3n) is 4.72. The molecule has 1 amide bonds. The highest BCUT2D eigenvalue weighted by molar-refractivity contribution is 7.99. The highest BCUT2D eigenvalue weighted by Crippen LogP contribution is 2.23. The van der Waals surface area contributed by atoms with Gasteiger partial charge in [-0.1, -0.05) is 29.5 Å². The molecule has 0 atom stereocenters. The molecule has 1 aromatic heterocycles. The third kappa shape index (κ3) is 4.85. The van der Waals surface area contributed by atoms with Gasteiger partial charge in [0.25, 0.3) is 0 Å². The Balaban J connectivity index is 1.72. The summed E-state index contributed by atoms with van der Waals surface area (Å²) in [6, 6.07) is 7.29. The van der Waals surface area contributed by atoms with E-state index in [-0.39, 0.29) is 12.5 Å². The third-order valence-corrected chi connectivity index (χ3v) is 6.86. The van der Waals surface area contributed by atoms with E-state index in [1.807, 2.05) is 24.0 Å². The van der Waals surface area contributed by atoms with Gasteiger partial charge in [-0.05, 0) is 31.9 Å². The van der Waals surface area contributed by atoms with Gasteiger partial charge in [0.2, 0.25) is 15.9 Å². The number of carbonyl (C=O) groups is 1. The Labute approximate surface area is 170 Å². The summed E-state index contributed by atoms with van der Waals surface area (Å²) >= 11 is 1.33. The molecule has 1 aliphatic rings. The summed E-state index contributed by atoms with van der Waals surface area (Å²) in [6.45, 7) is 3.67. The predicted octanol–water partition coefficient (Wildman–Crippen LogP) is 1.80. The highest BCUT2D eigenvalue weighted by Gasteiger charge is 2.23. The first kappa shape index (κ1) is 20.7. The maximum Gasteiger partial charge on any atom is 0.233 e. The topological polar surface area (TPSA) is 88.4 Å². The van der Waals surface area contributed by atoms with Crippen LogP contribution in [0.4, 0.5) is 5.69 Å². The fraction of sp³-hybridized carbons (Fsp3) is 0.500. The van der Waals surface area contributed by atoms with Crippen LogP contribution < -0.4 is 4.31 Å². The van der Waals surface area contributed by atoms with E-state index in [4.69, 9.17) is 0 Å². The second-order valence-corrected chi connectivity index (χ2v) is 9.79. The van der Waals surface area contributed by atoms with Crippen molar-refractivity contribution in [2.75, 3.05) is 29.4 Å². The van der Waals surface area contributed by atoms with Crippen LogP contribution >= 0.6 is 11.8 Å². The Hall–Kier alpha value is -2.07. The summed E-state index contributed by atoms with van der Waals surface area (Å²) in [5, 5.41) is 8.89. The van der Waals surface area contributed by atoms with Gasteiger partial charge >= 0.3 is 0 Å². The lowest BCUT2D eigenvalue weighted by Gasteiger charge is -2.22. The lowest BCUT2D eigenvalue weighted by molar-refractivity contribution is -0.127. The van der Waals surface area contributed by atoms with Crippen molar-refractivity contribution in [1.29, 1.82) is 0 Å². The van der Waals surface area contributed by atoms with Gasteiger partial charge in [0, 0.05) is 20.1 Å². The maximum absolute atomic E-state index is 12.3. The van der Waals surface area contributed by atoms with E-state index in [1.54, 1.807) is 23.7 Å². The SMILES string of the molecule is Cc1ccc(N(Cc2nnc(SCC(=O)N3CCCC3)n2C)S(C)(=O)=O)cc1. The molecule has 8 nitrogen and oxygen atoms in total. The average molecular weight is 424 g/mol. The number of anilines is 1. The van der Waals surface area contributed by atoms with Crippen LogP contribution in [0.25, 0.3) is 0 Å². The van der Waals surface area contributed by atoms with Crippen LogP contribution in [-0.2, 0) is 28.4 Å². The zero-order chi connectivity index (χ0) is 20.3. The number of carbonyl (C=O) groups excluding carboxylic acids is 1. The van der Waals surface area contributed by atoms with Crippen LogP contribution in [0.1, 0.15) is 24.2 Å². The molecule has 1 fully saturated rings. The molecular formula is C18H25N5O3S2. The molecule has 0 unspecified atom stereocenters. The zero-order valence-corrected chi connectivity index (χ0v) is 18.0. The number of aryl methyl sites for hydroxylation is 1. The summed E-state index contributed by atoms with van der Waals surface area (Å²) < 4.78 is 27.7. The van der Waals surface area contributed by atoms with E-state index in [0.717, 1.165) is 31.5 Å². The van der Waals surface area contributed by atoms with E-state index < -0.39 is 10.0 Å². The summed E-state index contributed by atoms with van der Waals surface area (Å²) in [7, 11) is -1.70. The van der Waals surface area contributed by atoms with Crippen molar-refractivity contribution in [3.63, 3.8) is 0 Å². The number of sulfonamides is 1. The Morgan fingerprint density at radius 2 is 1.82 bits per heavy atom. The zero-order valence-electron chi connectivity index (χ0n) is 16.3. The van der Waals surface area contributed by atoms with Crippen molar-refractivity contribution < 1.29 is 13.2 Å². The van der Waals surface area contributed by atoms with Crippen LogP contribution in [0.15, 0.2) is 29.4 Å². The van der Waals surface area contributed by atoms with Gasteiger partial charge in [-0.3, -0.25) is 9.10 Å². The van der Waals surface area contributed by atoms with Crippen molar-refractivity contribution in [3.8, 4) is 0 Å². The quantitative estimate of drug-likeness (QED) is 0.631. The molecule has 10 heteroatoms. The van der Waals surface area contributed by atoms with E-state index in [0.29, 0.717) is 22.4 Å². The molecule has 0 spiro atoms. The lowest BCUT2D eigenvalue weighted by Crippen LogP contribution is -2.30. The van der Waals surface area contributed by atoms with Gasteiger partial charge < -0.3 is 9.47 Å². The van der Waals surface area contributed by atoms with Gasteiger partial charge in [0.15, 0.2) is 11.0 Å². The number of thioether (sulfide) groups is 1. The highest BCUT2D eigenvalue weighted by atomic mass is 32.2. The molecule has 0 aliphatic carbocycles. The van der Waals surface area contributed by atoms with Crippen LogP contribution in [0.3, 0.4) is 0 Å². The van der Waals surface area contributed by atoms with Crippen molar-refractivity contribution >= 4 is 33.4 Å². The van der Waals surface area contributed by atoms with Crippen LogP contribution in [0.5, 0.6) is 0 Å². The molecule has 2 aromatic rings. The minimum atomic E-state index is -3.49. The molecule has 0 saturated carbocycles. The first-order chi connectivity index (χ1) is 13.3. The normalized spacial score (nSPS) is 14.5. The van der Waals surface area contributed by atoms with Gasteiger partial charge in [-0.2, -0.15) is 0 Å². The summed E-state index contributed by atoms with van der Waals surface area (Å²) in [5.74, 6) is 0.922. The van der Waals surface area contributed by atoms with Crippen LogP contribution in [-0.4, -0.2) is 59.1 Å². The molecule has 0 radical (unpaired) electrons. The number of likely N-dealkylation sites (tertiary alicyclic amines) is 1. The number of aromatic nitrogens is 3. The minimum absolute atomic E-state index is 0.0754. The Morgan fingerprint density at radius 3 is 2.43 bits per heavy atom. The average Bonchev–Trinajstić information content (AvgIpc) is 3.28. The number of hydrogen-bond donors (Lipinski definition) is 0. The number of hydrogen-bond acceptors (Lipinski definition) is 6. The molecule has 1 saturated heterocycles. The fourth-order valence-electron chi connectivity index (χ4n) is 3.03. The number of amides is 1. The van der Waals surface area contributed by atoms with E-state index in [1.165, 1.54) is 22.3 Å². The molecule has 0 N–H and O–H groups in total. The van der Waals surface area contributed by atoms with Gasteiger partial charge in [0.05, 0.1) is 24.2 Å². The molecule has 2 heterocycles. The van der Waals surface area contributed by atoms with Crippen LogP contribution in [0.2, 0.25) is 0 Å². The fourth-order valence-corrected chi connectivity index (χ4v) is 4.72. The largest absolute Gasteiger partial charge is 0.342 e. The Morgan fingerprint density at radius 1 is 1.18 bits per heavy atom. The lowest BCUT2D eigenvalue weighted by atomic mass is 10.2. The smallest absolute Gasteiger partial charge is 0.233 e. The van der Waals surface area contributed by atoms with E-state index in [2.05, 4.69) is 10.2 Å². The molecule has 1 aromatic carbocycles. The summed E-state index contributed by atoms with van der Waals surface area (Å²) in [4.78, 5) is 14.1. The molecule has 28 heavy (non-hydrogen) atoms. The van der Waals surface area contributed by atoms with Crippen LogP contribution in [0, 0.1) is 6.92 Å². The van der Waals surface area contributed by atoms with Gasteiger partial charge in [0.1, 0.15) is 0 Å². The first-order valence-electron chi connectivity index (χ1n) is 9.09. The monoisotopic (exact) mass is 423 g/mol. The van der Waals surface area contributed by atoms with Gasteiger partial charge in [-0.25, -0.2) is 8.42 Å². The summed E-state index contributed by atoms with van der Waals surface area (Å²) in [6.07, 6.45) is 3.29.